The van der Waals surface area contributed by atoms with E-state index in [2.05, 4.69) is 6.58 Å². The zero-order chi connectivity index (χ0) is 16.2. The van der Waals surface area contributed by atoms with E-state index < -0.39 is 17.4 Å². The van der Waals surface area contributed by atoms with Crippen LogP contribution in [-0.4, -0.2) is 39.4 Å². The molecule has 22 heavy (non-hydrogen) atoms. The minimum absolute atomic E-state index is 0.0936. The van der Waals surface area contributed by atoms with Crippen molar-refractivity contribution in [2.24, 2.45) is 5.41 Å². The highest BCUT2D eigenvalue weighted by Crippen LogP contribution is 2.42. The van der Waals surface area contributed by atoms with Gasteiger partial charge in [0.15, 0.2) is 0 Å². The van der Waals surface area contributed by atoms with Crippen molar-refractivity contribution in [2.45, 2.75) is 0 Å². The monoisotopic (exact) mass is 302 g/mol. The molecule has 1 aromatic carbocycles. The van der Waals surface area contributed by atoms with Gasteiger partial charge in [0, 0.05) is 0 Å². The molecule has 1 heterocycles. The molecule has 0 atom stereocenters. The van der Waals surface area contributed by atoms with E-state index in [-0.39, 0.29) is 13.2 Å². The molecule has 1 aliphatic rings. The minimum atomic E-state index is -1.66. The van der Waals surface area contributed by atoms with Crippen LogP contribution in [0.5, 0.6) is 0 Å². The topological polar surface area (TPSA) is 61.8 Å². The van der Waals surface area contributed by atoms with E-state index in [9.17, 15) is 9.59 Å². The third-order valence-electron chi connectivity index (χ3n) is 3.67. The fourth-order valence-corrected chi connectivity index (χ4v) is 2.57. The molecular formula is C17H18O5. The van der Waals surface area contributed by atoms with Crippen molar-refractivity contribution in [3.05, 3.63) is 53.6 Å². The Hall–Kier alpha value is -2.40. The molecule has 2 rings (SSSR count). The summed E-state index contributed by atoms with van der Waals surface area (Å²) in [5.41, 5.74) is -0.0568. The van der Waals surface area contributed by atoms with Gasteiger partial charge >= 0.3 is 11.9 Å². The lowest BCUT2D eigenvalue weighted by Gasteiger charge is -2.36. The number of carbonyl (C=O) groups excluding carboxylic acids is 2. The Morgan fingerprint density at radius 3 is 2.27 bits per heavy atom. The van der Waals surface area contributed by atoms with E-state index in [0.29, 0.717) is 11.1 Å². The molecule has 0 unspecified atom stereocenters. The van der Waals surface area contributed by atoms with E-state index in [1.165, 1.54) is 14.2 Å². The predicted octanol–water partition coefficient (Wildman–Crippen LogP) is 1.99. The van der Waals surface area contributed by atoms with Gasteiger partial charge in [-0.15, -0.1) is 0 Å². The number of carbonyl (C=O) groups is 2. The van der Waals surface area contributed by atoms with E-state index >= 15 is 0 Å². The van der Waals surface area contributed by atoms with Crippen molar-refractivity contribution in [2.75, 3.05) is 27.4 Å². The van der Waals surface area contributed by atoms with Crippen LogP contribution in [0, 0.1) is 5.41 Å². The quantitative estimate of drug-likeness (QED) is 0.485. The first-order chi connectivity index (χ1) is 10.6. The SMILES string of the molecule is C=C1COC/C(=C/c2ccccc2)C1(C(=O)OC)C(=O)OC. The van der Waals surface area contributed by atoms with Crippen LogP contribution in [0.2, 0.25) is 0 Å². The van der Waals surface area contributed by atoms with Gasteiger partial charge in [-0.05, 0) is 16.7 Å². The van der Waals surface area contributed by atoms with Crippen molar-refractivity contribution in [3.8, 4) is 0 Å². The Morgan fingerprint density at radius 1 is 1.14 bits per heavy atom. The Bertz CT molecular complexity index is 585. The first-order valence-electron chi connectivity index (χ1n) is 6.76. The predicted molar refractivity (Wildman–Crippen MR) is 80.8 cm³/mol. The summed E-state index contributed by atoms with van der Waals surface area (Å²) in [6.45, 7) is 4.05. The summed E-state index contributed by atoms with van der Waals surface area (Å²) in [7, 11) is 2.46. The van der Waals surface area contributed by atoms with Crippen LogP contribution in [0.4, 0.5) is 0 Å². The first kappa shape index (κ1) is 16.0. The molecule has 0 amide bonds. The normalized spacial score (nSPS) is 18.8. The van der Waals surface area contributed by atoms with Gasteiger partial charge in [0.05, 0.1) is 27.4 Å². The average molecular weight is 302 g/mol. The molecule has 0 bridgehead atoms. The second kappa shape index (κ2) is 6.58. The van der Waals surface area contributed by atoms with E-state index in [0.717, 1.165) is 5.56 Å². The number of hydrogen-bond acceptors (Lipinski definition) is 5. The fraction of sp³-hybridized carbons (Fsp3) is 0.294. The van der Waals surface area contributed by atoms with Gasteiger partial charge in [-0.1, -0.05) is 43.0 Å². The van der Waals surface area contributed by atoms with Gasteiger partial charge in [0.1, 0.15) is 0 Å². The molecule has 116 valence electrons. The van der Waals surface area contributed by atoms with Gasteiger partial charge in [0.2, 0.25) is 5.41 Å². The molecule has 1 aliphatic heterocycles. The van der Waals surface area contributed by atoms with Crippen LogP contribution >= 0.6 is 0 Å². The van der Waals surface area contributed by atoms with Crippen LogP contribution in [0.1, 0.15) is 5.56 Å². The second-order valence-electron chi connectivity index (χ2n) is 4.91. The summed E-state index contributed by atoms with van der Waals surface area (Å²) in [6, 6.07) is 9.34. The number of benzene rings is 1. The molecule has 0 radical (unpaired) electrons. The van der Waals surface area contributed by atoms with E-state index in [1.807, 2.05) is 30.3 Å². The van der Waals surface area contributed by atoms with Crippen molar-refractivity contribution in [1.82, 2.24) is 0 Å². The molecular weight excluding hydrogens is 284 g/mol. The molecule has 5 heteroatoms. The van der Waals surface area contributed by atoms with Crippen molar-refractivity contribution < 1.29 is 23.8 Å². The Labute approximate surface area is 129 Å². The molecule has 1 aromatic rings. The maximum Gasteiger partial charge on any atom is 0.331 e. The van der Waals surface area contributed by atoms with Gasteiger partial charge in [-0.3, -0.25) is 9.59 Å². The highest BCUT2D eigenvalue weighted by Gasteiger charge is 2.55. The highest BCUT2D eigenvalue weighted by atomic mass is 16.5. The van der Waals surface area contributed by atoms with Crippen LogP contribution in [0.15, 0.2) is 48.1 Å². The summed E-state index contributed by atoms with van der Waals surface area (Å²) in [5.74, 6) is -1.43. The molecule has 1 fully saturated rings. The maximum atomic E-state index is 12.4. The van der Waals surface area contributed by atoms with Crippen LogP contribution < -0.4 is 0 Å². The van der Waals surface area contributed by atoms with Crippen molar-refractivity contribution in [3.63, 3.8) is 0 Å². The molecule has 1 saturated heterocycles. The van der Waals surface area contributed by atoms with Gasteiger partial charge in [-0.25, -0.2) is 0 Å². The second-order valence-corrected chi connectivity index (χ2v) is 4.91. The third kappa shape index (κ3) is 2.55. The summed E-state index contributed by atoms with van der Waals surface area (Å²) >= 11 is 0. The van der Waals surface area contributed by atoms with Crippen LogP contribution in [-0.2, 0) is 23.8 Å². The number of rotatable bonds is 3. The van der Waals surface area contributed by atoms with E-state index in [1.54, 1.807) is 6.08 Å². The first-order valence-corrected chi connectivity index (χ1v) is 6.76. The van der Waals surface area contributed by atoms with Crippen molar-refractivity contribution in [1.29, 1.82) is 0 Å². The fourth-order valence-electron chi connectivity index (χ4n) is 2.57. The standard InChI is InChI=1S/C17H18O5/c1-12-10-22-11-14(9-13-7-5-4-6-8-13)17(12,15(18)20-2)16(19)21-3/h4-9H,1,10-11H2,2-3H3/b14-9-. The molecule has 5 nitrogen and oxygen atoms in total. The number of methoxy groups -OCH3 is 2. The highest BCUT2D eigenvalue weighted by molar-refractivity contribution is 6.08. The summed E-state index contributed by atoms with van der Waals surface area (Å²) in [4.78, 5) is 24.8. The number of ether oxygens (including phenoxy) is 3. The van der Waals surface area contributed by atoms with Crippen molar-refractivity contribution >= 4 is 18.0 Å². The third-order valence-corrected chi connectivity index (χ3v) is 3.67. The zero-order valence-corrected chi connectivity index (χ0v) is 12.6. The molecule has 0 aromatic heterocycles. The molecule has 0 spiro atoms. The lowest BCUT2D eigenvalue weighted by Crippen LogP contribution is -2.48. The molecule has 0 aliphatic carbocycles. The van der Waals surface area contributed by atoms with Crippen LogP contribution in [0.25, 0.3) is 6.08 Å². The summed E-state index contributed by atoms with van der Waals surface area (Å²) in [5, 5.41) is 0. The van der Waals surface area contributed by atoms with E-state index in [4.69, 9.17) is 14.2 Å². The minimum Gasteiger partial charge on any atom is -0.468 e. The van der Waals surface area contributed by atoms with Crippen LogP contribution in [0.3, 0.4) is 0 Å². The maximum absolute atomic E-state index is 12.4. The largest absolute Gasteiger partial charge is 0.468 e. The Balaban J connectivity index is 2.62. The zero-order valence-electron chi connectivity index (χ0n) is 12.6. The average Bonchev–Trinajstić information content (AvgIpc) is 2.55. The lowest BCUT2D eigenvalue weighted by molar-refractivity contribution is -0.165. The van der Waals surface area contributed by atoms with Gasteiger partial charge < -0.3 is 14.2 Å². The smallest absolute Gasteiger partial charge is 0.331 e. The summed E-state index contributed by atoms with van der Waals surface area (Å²) < 4.78 is 15.1. The van der Waals surface area contributed by atoms with Gasteiger partial charge in [-0.2, -0.15) is 0 Å². The summed E-state index contributed by atoms with van der Waals surface area (Å²) in [6.07, 6.45) is 1.73. The Morgan fingerprint density at radius 2 is 1.73 bits per heavy atom. The molecule has 0 saturated carbocycles. The number of esters is 2. The van der Waals surface area contributed by atoms with Gasteiger partial charge in [0.25, 0.3) is 0 Å². The number of hydrogen-bond donors (Lipinski definition) is 0. The Kier molecular flexibility index (Phi) is 4.78. The lowest BCUT2D eigenvalue weighted by atomic mass is 9.72. The molecule has 0 N–H and O–H groups in total.